The molecule has 0 rings (SSSR count). The topological polar surface area (TPSA) is 92.7 Å². The van der Waals surface area contributed by atoms with Crippen molar-refractivity contribution in [3.63, 3.8) is 0 Å². The molecule has 0 saturated heterocycles. The molecule has 42 heavy (non-hydrogen) atoms. The molecule has 0 bridgehead atoms. The van der Waals surface area contributed by atoms with Crippen LogP contribution in [0.2, 0.25) is 0 Å². The molecule has 2 N–H and O–H groups in total. The van der Waals surface area contributed by atoms with Crippen LogP contribution in [0.15, 0.2) is 12.2 Å². The Labute approximate surface area is 259 Å². The molecule has 0 aromatic heterocycles. The van der Waals surface area contributed by atoms with Crippen LogP contribution in [0.3, 0.4) is 0 Å². The van der Waals surface area contributed by atoms with Crippen molar-refractivity contribution >= 4 is 17.8 Å². The minimum absolute atomic E-state index is 0.0258. The van der Waals surface area contributed by atoms with Gasteiger partial charge in [-0.3, -0.25) is 14.4 Å². The van der Waals surface area contributed by atoms with Crippen LogP contribution in [-0.4, -0.2) is 35.6 Å². The van der Waals surface area contributed by atoms with Gasteiger partial charge >= 0.3 is 11.9 Å². The zero-order valence-electron chi connectivity index (χ0n) is 27.6. The summed E-state index contributed by atoms with van der Waals surface area (Å²) in [6.45, 7) is 4.17. The number of ether oxygens (including phenoxy) is 1. The van der Waals surface area contributed by atoms with Gasteiger partial charge in [-0.25, -0.2) is 0 Å². The molecule has 1 atom stereocenters. The van der Waals surface area contributed by atoms with E-state index in [1.165, 1.54) is 96.3 Å². The predicted octanol–water partition coefficient (Wildman–Crippen LogP) is 10.2. The van der Waals surface area contributed by atoms with E-state index in [-0.39, 0.29) is 24.5 Å². The van der Waals surface area contributed by atoms with E-state index in [1.54, 1.807) is 0 Å². The summed E-state index contributed by atoms with van der Waals surface area (Å²) in [5, 5.41) is 11.0. The minimum Gasteiger partial charge on any atom is -0.480 e. The molecule has 6 heteroatoms. The quantitative estimate of drug-likeness (QED) is 0.0460. The van der Waals surface area contributed by atoms with Crippen LogP contribution in [0, 0.1) is 0 Å². The lowest BCUT2D eigenvalue weighted by atomic mass is 10.0. The van der Waals surface area contributed by atoms with Crippen molar-refractivity contribution in [1.29, 1.82) is 0 Å². The van der Waals surface area contributed by atoms with E-state index in [1.807, 2.05) is 0 Å². The van der Waals surface area contributed by atoms with Crippen LogP contribution in [0.4, 0.5) is 0 Å². The molecule has 0 heterocycles. The molecule has 0 saturated carbocycles. The Kier molecular flexibility index (Phi) is 30.7. The first kappa shape index (κ1) is 40.1. The zero-order chi connectivity index (χ0) is 30.9. The summed E-state index contributed by atoms with van der Waals surface area (Å²) in [5.74, 6) is -1.24. The van der Waals surface area contributed by atoms with Gasteiger partial charge in [-0.1, -0.05) is 129 Å². The summed E-state index contributed by atoms with van der Waals surface area (Å²) in [7, 11) is 0. The van der Waals surface area contributed by atoms with E-state index >= 15 is 0 Å². The van der Waals surface area contributed by atoms with Crippen LogP contribution in [-0.2, 0) is 19.1 Å². The number of carboxylic acid groups (broad SMARTS) is 1. The third-order valence-electron chi connectivity index (χ3n) is 7.94. The monoisotopic (exact) mass is 594 g/mol. The molecular weight excluding hydrogens is 526 g/mol. The molecule has 0 spiro atoms. The summed E-state index contributed by atoms with van der Waals surface area (Å²) in [5.41, 5.74) is 0. The molecule has 6 nitrogen and oxygen atoms in total. The molecule has 246 valence electrons. The van der Waals surface area contributed by atoms with Crippen molar-refractivity contribution in [3.8, 4) is 0 Å². The average molecular weight is 594 g/mol. The minimum atomic E-state index is -1.02. The Balaban J connectivity index is 4.16. The number of carbonyl (C=O) groups excluding carboxylic acids is 2. The van der Waals surface area contributed by atoms with Crippen molar-refractivity contribution in [1.82, 2.24) is 5.32 Å². The van der Waals surface area contributed by atoms with E-state index in [4.69, 9.17) is 9.84 Å². The maximum atomic E-state index is 12.6. The number of hydrogen-bond acceptors (Lipinski definition) is 4. The van der Waals surface area contributed by atoms with Gasteiger partial charge in [0.05, 0.1) is 0 Å². The largest absolute Gasteiger partial charge is 0.480 e. The normalized spacial score (nSPS) is 12.0. The van der Waals surface area contributed by atoms with Gasteiger partial charge < -0.3 is 15.2 Å². The second-order valence-corrected chi connectivity index (χ2v) is 12.1. The molecule has 0 aliphatic carbocycles. The SMILES string of the molecule is CCCC/C=C\CCCCCCCC(=O)OC(CCCCCCCCCCC)CCCCCCCC(=O)NCC(=O)O. The molecule has 0 aromatic carbocycles. The Bertz CT molecular complexity index is 663. The maximum Gasteiger partial charge on any atom is 0.322 e. The highest BCUT2D eigenvalue weighted by Crippen LogP contribution is 2.19. The van der Waals surface area contributed by atoms with E-state index < -0.39 is 5.97 Å². The molecule has 0 fully saturated rings. The van der Waals surface area contributed by atoms with Gasteiger partial charge in [0, 0.05) is 12.8 Å². The van der Waals surface area contributed by atoms with Gasteiger partial charge in [0.1, 0.15) is 12.6 Å². The summed E-state index contributed by atoms with van der Waals surface area (Å²) in [6, 6.07) is 0. The Morgan fingerprint density at radius 1 is 0.595 bits per heavy atom. The van der Waals surface area contributed by atoms with E-state index in [0.29, 0.717) is 12.8 Å². The number of amides is 1. The summed E-state index contributed by atoms with van der Waals surface area (Å²) in [4.78, 5) is 34.7. The Hall–Kier alpha value is -1.85. The summed E-state index contributed by atoms with van der Waals surface area (Å²) < 4.78 is 5.97. The lowest BCUT2D eigenvalue weighted by Crippen LogP contribution is -2.28. The number of carboxylic acids is 1. The summed E-state index contributed by atoms with van der Waals surface area (Å²) >= 11 is 0. The fourth-order valence-electron chi connectivity index (χ4n) is 5.26. The standard InChI is InChI=1S/C36H67NO5/c1-3-5-7-9-11-13-14-16-18-23-27-31-36(41)42-33(28-24-20-17-15-12-10-8-6-4-2)29-25-21-19-22-26-30-34(38)37-32-35(39)40/h9,11,33H,3-8,10,12-32H2,1-2H3,(H,37,38)(H,39,40)/b11-9-. The smallest absolute Gasteiger partial charge is 0.322 e. The number of hydrogen-bond donors (Lipinski definition) is 2. The molecule has 1 amide bonds. The second kappa shape index (κ2) is 32.1. The van der Waals surface area contributed by atoms with Crippen molar-refractivity contribution in [3.05, 3.63) is 12.2 Å². The molecule has 0 radical (unpaired) electrons. The fourth-order valence-corrected chi connectivity index (χ4v) is 5.26. The lowest BCUT2D eigenvalue weighted by Gasteiger charge is -2.18. The third kappa shape index (κ3) is 31.1. The number of aliphatic carboxylic acids is 1. The van der Waals surface area contributed by atoms with Crippen molar-refractivity contribution in [2.45, 2.75) is 193 Å². The van der Waals surface area contributed by atoms with Crippen molar-refractivity contribution < 1.29 is 24.2 Å². The number of rotatable bonds is 32. The highest BCUT2D eigenvalue weighted by molar-refractivity contribution is 5.80. The van der Waals surface area contributed by atoms with Crippen molar-refractivity contribution in [2.75, 3.05) is 6.54 Å². The van der Waals surface area contributed by atoms with Gasteiger partial charge in [-0.15, -0.1) is 0 Å². The molecule has 0 aliphatic rings. The number of carbonyl (C=O) groups is 3. The van der Waals surface area contributed by atoms with Crippen LogP contribution >= 0.6 is 0 Å². The van der Waals surface area contributed by atoms with E-state index in [0.717, 1.165) is 64.2 Å². The van der Waals surface area contributed by atoms with Gasteiger partial charge in [0.15, 0.2) is 0 Å². The first-order valence-corrected chi connectivity index (χ1v) is 17.8. The van der Waals surface area contributed by atoms with E-state index in [2.05, 4.69) is 31.3 Å². The number of nitrogens with one attached hydrogen (secondary N) is 1. The van der Waals surface area contributed by atoms with Gasteiger partial charge in [-0.05, 0) is 57.8 Å². The number of unbranched alkanes of at least 4 members (excludes halogenated alkanes) is 19. The fraction of sp³-hybridized carbons (Fsp3) is 0.861. The molecule has 0 aromatic rings. The second-order valence-electron chi connectivity index (χ2n) is 12.1. The number of esters is 1. The Morgan fingerprint density at radius 2 is 1.05 bits per heavy atom. The Morgan fingerprint density at radius 3 is 1.60 bits per heavy atom. The first-order chi connectivity index (χ1) is 20.5. The summed E-state index contributed by atoms with van der Waals surface area (Å²) in [6.07, 6.45) is 34.6. The molecule has 0 aliphatic heterocycles. The third-order valence-corrected chi connectivity index (χ3v) is 7.94. The van der Waals surface area contributed by atoms with Gasteiger partial charge in [0.25, 0.3) is 0 Å². The molecular formula is C36H67NO5. The molecule has 1 unspecified atom stereocenters. The van der Waals surface area contributed by atoms with Crippen LogP contribution in [0.5, 0.6) is 0 Å². The van der Waals surface area contributed by atoms with E-state index in [9.17, 15) is 14.4 Å². The first-order valence-electron chi connectivity index (χ1n) is 17.8. The zero-order valence-corrected chi connectivity index (χ0v) is 27.6. The van der Waals surface area contributed by atoms with Crippen LogP contribution in [0.1, 0.15) is 187 Å². The van der Waals surface area contributed by atoms with Gasteiger partial charge in [0.2, 0.25) is 5.91 Å². The van der Waals surface area contributed by atoms with Crippen LogP contribution in [0.25, 0.3) is 0 Å². The van der Waals surface area contributed by atoms with Gasteiger partial charge in [-0.2, -0.15) is 0 Å². The average Bonchev–Trinajstić information content (AvgIpc) is 2.97. The maximum absolute atomic E-state index is 12.6. The predicted molar refractivity (Wildman–Crippen MR) is 176 cm³/mol. The lowest BCUT2D eigenvalue weighted by molar-refractivity contribution is -0.150. The number of allylic oxidation sites excluding steroid dienone is 2. The highest BCUT2D eigenvalue weighted by Gasteiger charge is 2.14. The highest BCUT2D eigenvalue weighted by atomic mass is 16.5. The van der Waals surface area contributed by atoms with Crippen LogP contribution < -0.4 is 5.32 Å². The van der Waals surface area contributed by atoms with Crippen molar-refractivity contribution in [2.24, 2.45) is 0 Å².